The largest absolute Gasteiger partial charge is 0.494 e. The zero-order chi connectivity index (χ0) is 20.3. The summed E-state index contributed by atoms with van der Waals surface area (Å²) < 4.78 is 21.2. The second kappa shape index (κ2) is 8.54. The van der Waals surface area contributed by atoms with Gasteiger partial charge < -0.3 is 9.84 Å². The molecule has 0 aliphatic rings. The van der Waals surface area contributed by atoms with Gasteiger partial charge in [0.15, 0.2) is 11.6 Å². The van der Waals surface area contributed by atoms with E-state index in [4.69, 9.17) is 9.84 Å². The van der Waals surface area contributed by atoms with Crippen LogP contribution in [0.4, 0.5) is 4.39 Å². The van der Waals surface area contributed by atoms with Gasteiger partial charge in [0.1, 0.15) is 0 Å². The van der Waals surface area contributed by atoms with Crippen LogP contribution in [0.25, 0.3) is 16.9 Å². The summed E-state index contributed by atoms with van der Waals surface area (Å²) in [7, 11) is 3.39. The first-order chi connectivity index (χ1) is 13.4. The number of aliphatic hydroxyl groups excluding tert-OH is 1. The fourth-order valence-corrected chi connectivity index (χ4v) is 3.33. The molecule has 0 spiro atoms. The van der Waals surface area contributed by atoms with Gasteiger partial charge in [-0.3, -0.25) is 4.90 Å². The molecule has 2 aromatic carbocycles. The first-order valence-electron chi connectivity index (χ1n) is 9.24. The fraction of sp³-hybridized carbons (Fsp3) is 0.318. The van der Waals surface area contributed by atoms with E-state index >= 15 is 0 Å². The number of hydrogen-bond donors (Lipinski definition) is 1. The van der Waals surface area contributed by atoms with Gasteiger partial charge in [0.25, 0.3) is 0 Å². The molecule has 1 aromatic heterocycles. The molecule has 0 amide bonds. The van der Waals surface area contributed by atoms with Gasteiger partial charge in [0.2, 0.25) is 0 Å². The van der Waals surface area contributed by atoms with Crippen molar-refractivity contribution in [1.29, 1.82) is 0 Å². The van der Waals surface area contributed by atoms with E-state index in [0.29, 0.717) is 24.3 Å². The number of ether oxygens (including phenoxy) is 1. The minimum atomic E-state index is -0.432. The predicted molar refractivity (Wildman–Crippen MR) is 108 cm³/mol. The Morgan fingerprint density at radius 3 is 2.64 bits per heavy atom. The summed E-state index contributed by atoms with van der Waals surface area (Å²) in [5, 5.41) is 14.4. The molecular weight excluding hydrogens is 357 g/mol. The van der Waals surface area contributed by atoms with Gasteiger partial charge in [-0.2, -0.15) is 5.10 Å². The molecule has 3 aromatic rings. The number of likely N-dealkylation sites (N-methyl/N-ethyl adjacent to an activating group) is 1. The number of aromatic nitrogens is 2. The Bertz CT molecular complexity index is 953. The molecule has 0 fully saturated rings. The van der Waals surface area contributed by atoms with E-state index in [1.807, 2.05) is 60.1 Å². The van der Waals surface area contributed by atoms with Crippen LogP contribution in [0.5, 0.6) is 5.75 Å². The summed E-state index contributed by atoms with van der Waals surface area (Å²) in [6.45, 7) is 4.90. The predicted octanol–water partition coefficient (Wildman–Crippen LogP) is 3.81. The van der Waals surface area contributed by atoms with E-state index in [2.05, 4.69) is 0 Å². The zero-order valence-corrected chi connectivity index (χ0v) is 16.7. The van der Waals surface area contributed by atoms with E-state index in [1.165, 1.54) is 13.2 Å². The van der Waals surface area contributed by atoms with Crippen molar-refractivity contribution in [2.45, 2.75) is 26.5 Å². The van der Waals surface area contributed by atoms with Gasteiger partial charge in [0, 0.05) is 30.4 Å². The van der Waals surface area contributed by atoms with Gasteiger partial charge in [-0.1, -0.05) is 18.2 Å². The van der Waals surface area contributed by atoms with E-state index in [-0.39, 0.29) is 5.75 Å². The number of aryl methyl sites for hydroxylation is 1. The van der Waals surface area contributed by atoms with Crippen LogP contribution in [0.3, 0.4) is 0 Å². The number of para-hydroxylation sites is 1. The Labute approximate surface area is 165 Å². The molecule has 1 heterocycles. The Morgan fingerprint density at radius 2 is 2.00 bits per heavy atom. The van der Waals surface area contributed by atoms with Crippen LogP contribution >= 0.6 is 0 Å². The Balaban J connectivity index is 2.06. The molecule has 3 rings (SSSR count). The van der Waals surface area contributed by atoms with Gasteiger partial charge in [-0.05, 0) is 50.7 Å². The monoisotopic (exact) mass is 383 g/mol. The van der Waals surface area contributed by atoms with Crippen LogP contribution in [-0.4, -0.2) is 46.6 Å². The van der Waals surface area contributed by atoms with Crippen molar-refractivity contribution in [3.63, 3.8) is 0 Å². The van der Waals surface area contributed by atoms with Crippen molar-refractivity contribution in [2.75, 3.05) is 20.7 Å². The first-order valence-corrected chi connectivity index (χ1v) is 9.24. The summed E-state index contributed by atoms with van der Waals surface area (Å²) in [4.78, 5) is 2.02. The minimum Gasteiger partial charge on any atom is -0.494 e. The zero-order valence-electron chi connectivity index (χ0n) is 16.7. The molecule has 0 aliphatic heterocycles. The van der Waals surface area contributed by atoms with E-state index in [0.717, 1.165) is 16.8 Å². The van der Waals surface area contributed by atoms with Gasteiger partial charge in [-0.15, -0.1) is 0 Å². The normalized spacial score (nSPS) is 12.4. The molecule has 0 saturated carbocycles. The number of halogens is 1. The third kappa shape index (κ3) is 4.40. The minimum absolute atomic E-state index is 0.204. The summed E-state index contributed by atoms with van der Waals surface area (Å²) in [6.07, 6.45) is 1.54. The lowest BCUT2D eigenvalue weighted by molar-refractivity contribution is 0.138. The molecule has 0 aliphatic carbocycles. The van der Waals surface area contributed by atoms with Crippen molar-refractivity contribution < 1.29 is 14.2 Å². The second-order valence-electron chi connectivity index (χ2n) is 7.13. The number of methoxy groups -OCH3 is 1. The molecule has 0 saturated heterocycles. The summed E-state index contributed by atoms with van der Waals surface area (Å²) >= 11 is 0. The molecule has 0 bridgehead atoms. The third-order valence-electron chi connectivity index (χ3n) is 4.59. The van der Waals surface area contributed by atoms with Crippen molar-refractivity contribution in [3.05, 3.63) is 65.6 Å². The van der Waals surface area contributed by atoms with Gasteiger partial charge >= 0.3 is 0 Å². The maximum absolute atomic E-state index is 14.3. The van der Waals surface area contributed by atoms with Crippen LogP contribution in [-0.2, 0) is 6.54 Å². The molecule has 1 atom stereocenters. The van der Waals surface area contributed by atoms with Crippen molar-refractivity contribution in [2.24, 2.45) is 0 Å². The molecule has 148 valence electrons. The Morgan fingerprint density at radius 1 is 1.25 bits per heavy atom. The van der Waals surface area contributed by atoms with Crippen LogP contribution in [0.1, 0.15) is 18.1 Å². The Hall–Kier alpha value is -2.70. The van der Waals surface area contributed by atoms with E-state index < -0.39 is 11.9 Å². The molecule has 1 N–H and O–H groups in total. The highest BCUT2D eigenvalue weighted by Crippen LogP contribution is 2.29. The average Bonchev–Trinajstić information content (AvgIpc) is 3.04. The fourth-order valence-electron chi connectivity index (χ4n) is 3.33. The summed E-state index contributed by atoms with van der Waals surface area (Å²) in [5.41, 5.74) is 4.42. The van der Waals surface area contributed by atoms with Gasteiger partial charge in [0.05, 0.1) is 24.6 Å². The molecule has 0 radical (unpaired) electrons. The summed E-state index contributed by atoms with van der Waals surface area (Å²) in [6, 6.07) is 12.9. The lowest BCUT2D eigenvalue weighted by Gasteiger charge is -2.18. The quantitative estimate of drug-likeness (QED) is 0.674. The Kier molecular flexibility index (Phi) is 6.11. The maximum atomic E-state index is 14.3. The van der Waals surface area contributed by atoms with E-state index in [1.54, 1.807) is 13.0 Å². The van der Waals surface area contributed by atoms with Crippen LogP contribution < -0.4 is 4.74 Å². The van der Waals surface area contributed by atoms with Crippen molar-refractivity contribution in [3.8, 4) is 22.7 Å². The number of nitrogens with zero attached hydrogens (tertiary/aromatic N) is 3. The molecular formula is C22H26FN3O2. The van der Waals surface area contributed by atoms with Crippen LogP contribution in [0.15, 0.2) is 48.7 Å². The lowest BCUT2D eigenvalue weighted by Crippen LogP contribution is -2.26. The number of aliphatic hydroxyl groups is 1. The maximum Gasteiger partial charge on any atom is 0.165 e. The molecule has 28 heavy (non-hydrogen) atoms. The topological polar surface area (TPSA) is 50.5 Å². The second-order valence-corrected chi connectivity index (χ2v) is 7.13. The lowest BCUT2D eigenvalue weighted by atomic mass is 10.1. The average molecular weight is 383 g/mol. The van der Waals surface area contributed by atoms with Gasteiger partial charge in [-0.25, -0.2) is 9.07 Å². The number of benzene rings is 2. The van der Waals surface area contributed by atoms with E-state index in [9.17, 15) is 9.50 Å². The van der Waals surface area contributed by atoms with Crippen LogP contribution in [0, 0.1) is 12.7 Å². The molecule has 5 nitrogen and oxygen atoms in total. The standard InChI is InChI=1S/C22H26FN3O2/c1-15-7-5-6-8-20(15)26-14-18(13-25(3)12-16(2)27)22(24-26)17-9-10-21(28-4)19(23)11-17/h5-11,14,16,27H,12-13H2,1-4H3. The molecule has 6 heteroatoms. The smallest absolute Gasteiger partial charge is 0.165 e. The van der Waals surface area contributed by atoms with Crippen molar-refractivity contribution in [1.82, 2.24) is 14.7 Å². The van der Waals surface area contributed by atoms with Crippen LogP contribution in [0.2, 0.25) is 0 Å². The number of hydrogen-bond acceptors (Lipinski definition) is 4. The molecule has 1 unspecified atom stereocenters. The SMILES string of the molecule is COc1ccc(-c2nn(-c3ccccc3C)cc2CN(C)CC(C)O)cc1F. The highest BCUT2D eigenvalue weighted by Gasteiger charge is 2.17. The highest BCUT2D eigenvalue weighted by molar-refractivity contribution is 5.64. The highest BCUT2D eigenvalue weighted by atomic mass is 19.1. The first kappa shape index (κ1) is 20.0. The summed E-state index contributed by atoms with van der Waals surface area (Å²) in [5.74, 6) is -0.219. The number of rotatable bonds is 7. The van der Waals surface area contributed by atoms with Crippen molar-refractivity contribution >= 4 is 0 Å². The third-order valence-corrected chi connectivity index (χ3v) is 4.59.